The van der Waals surface area contributed by atoms with Gasteiger partial charge in [-0.3, -0.25) is 14.4 Å². The minimum Gasteiger partial charge on any atom is -0.445 e. The van der Waals surface area contributed by atoms with Crippen LogP contribution in [0.4, 0.5) is 15.3 Å². The first-order valence-electron chi connectivity index (χ1n) is 29.6. The number of ether oxygens (including phenoxy) is 10. The molecule has 0 aromatic heterocycles. The lowest BCUT2D eigenvalue weighted by atomic mass is 9.81. The van der Waals surface area contributed by atoms with Crippen LogP contribution in [0.1, 0.15) is 123 Å². The highest BCUT2D eigenvalue weighted by Gasteiger charge is 2.69. The topological polar surface area (TPSA) is 298 Å². The molecule has 0 radical (unpaired) electrons. The summed E-state index contributed by atoms with van der Waals surface area (Å²) in [4.78, 5) is 64.7. The van der Waals surface area contributed by atoms with Crippen LogP contribution in [0.15, 0.2) is 48.6 Å². The number of carbonyl (C=O) groups is 5. The van der Waals surface area contributed by atoms with Crippen LogP contribution in [-0.4, -0.2) is 171 Å². The van der Waals surface area contributed by atoms with Crippen molar-refractivity contribution in [1.82, 2.24) is 16.0 Å². The first kappa shape index (κ1) is 59.6. The number of hydrogen-bond donors (Lipinski definition) is 7. The molecule has 22 nitrogen and oxygen atoms in total. The molecule has 1 aromatic carbocycles. The number of Topliss-reactive ketones (excluding diaryl/α,β-unsaturated/α-hetero) is 1. The van der Waals surface area contributed by atoms with Gasteiger partial charge in [-0.1, -0.05) is 46.1 Å². The second-order valence-corrected chi connectivity index (χ2v) is 24.6. The van der Waals surface area contributed by atoms with Crippen LogP contribution in [0.2, 0.25) is 0 Å². The Morgan fingerprint density at radius 3 is 2.30 bits per heavy atom. The van der Waals surface area contributed by atoms with E-state index in [4.69, 9.17) is 58.8 Å². The summed E-state index contributed by atoms with van der Waals surface area (Å²) in [6, 6.07) is 4.17. The summed E-state index contributed by atoms with van der Waals surface area (Å²) < 4.78 is 66.2. The molecule has 22 heteroatoms. The van der Waals surface area contributed by atoms with Gasteiger partial charge < -0.3 is 85.2 Å². The van der Waals surface area contributed by atoms with E-state index in [1.54, 1.807) is 45.2 Å². The van der Waals surface area contributed by atoms with E-state index >= 15 is 0 Å². The van der Waals surface area contributed by atoms with Crippen molar-refractivity contribution in [3.05, 3.63) is 54.1 Å². The van der Waals surface area contributed by atoms with Crippen LogP contribution in [0.25, 0.3) is 0 Å². The van der Waals surface area contributed by atoms with Gasteiger partial charge in [-0.2, -0.15) is 0 Å². The lowest BCUT2D eigenvalue weighted by Crippen LogP contribution is -2.61. The maximum absolute atomic E-state index is 14.5. The van der Waals surface area contributed by atoms with Crippen LogP contribution in [0.3, 0.4) is 0 Å². The SMILES string of the molecule is C=C1C[C@@H]2CC[C@@]34C[C@H]5OC6C(O[C@H]7CC[C@H](CC(=O)C[C@@H]8[C@@H](OC)[C@@H](C[C@H](O)CNC(=O)OCc9ccc(NC(=O)[C@H](CCCNC(N)=O)NC(=O)[C@@H](N)C(C)C)cc9)O[C@H]8C[C@H]8O[C@@H](CC[C@@H]1O2)C[C@@H](C)C8=C)O[C@@H]7[C@@H]6O3)[C@H]5O4. The molecule has 9 N–H and O–H groups in total. The van der Waals surface area contributed by atoms with Gasteiger partial charge in [0.1, 0.15) is 49.0 Å². The highest BCUT2D eigenvalue weighted by Crippen LogP contribution is 2.54. The molecule has 10 saturated heterocycles. The third kappa shape index (κ3) is 13.8. The average molecular weight is 1140 g/mol. The summed E-state index contributed by atoms with van der Waals surface area (Å²) in [5, 5.41) is 22.1. The number of nitrogens with one attached hydrogen (secondary N) is 4. The minimum atomic E-state index is -1.07. The maximum Gasteiger partial charge on any atom is 0.407 e. The van der Waals surface area contributed by atoms with Crippen LogP contribution < -0.4 is 32.7 Å². The van der Waals surface area contributed by atoms with Gasteiger partial charge in [-0.05, 0) is 98.5 Å². The number of fused-ring (bicyclic) bond motifs is 6. The average Bonchev–Trinajstić information content (AvgIpc) is 3.90. The highest BCUT2D eigenvalue weighted by atomic mass is 16.8. The number of aliphatic hydroxyl groups is 1. The Balaban J connectivity index is 0.762. The van der Waals surface area contributed by atoms with Crippen molar-refractivity contribution < 1.29 is 76.4 Å². The number of primary amides is 1. The molecular weight excluding hydrogens is 1050 g/mol. The molecule has 10 aliphatic heterocycles. The van der Waals surface area contributed by atoms with Gasteiger partial charge in [-0.15, -0.1) is 0 Å². The summed E-state index contributed by atoms with van der Waals surface area (Å²) in [6.45, 7) is 14.7. The molecule has 11 rings (SSSR count). The van der Waals surface area contributed by atoms with Crippen LogP contribution in [-0.2, 0) is 68.4 Å². The molecule has 12 bridgehead atoms. The van der Waals surface area contributed by atoms with E-state index in [1.165, 1.54) is 0 Å². The monoisotopic (exact) mass is 1130 g/mol. The Bertz CT molecular complexity index is 2450. The van der Waals surface area contributed by atoms with Crippen LogP contribution >= 0.6 is 0 Å². The Morgan fingerprint density at radius 2 is 1.53 bits per heavy atom. The van der Waals surface area contributed by atoms with Gasteiger partial charge in [0.05, 0.1) is 73.2 Å². The number of alkyl carbamates (subject to hydrolysis) is 1. The van der Waals surface area contributed by atoms with Crippen LogP contribution in [0.5, 0.6) is 0 Å². The van der Waals surface area contributed by atoms with Gasteiger partial charge >= 0.3 is 12.1 Å². The summed E-state index contributed by atoms with van der Waals surface area (Å²) in [7, 11) is 1.59. The second kappa shape index (κ2) is 25.7. The van der Waals surface area contributed by atoms with Gasteiger partial charge in [0.15, 0.2) is 5.79 Å². The quantitative estimate of drug-likeness (QED) is 0.0899. The first-order chi connectivity index (χ1) is 38.8. The fourth-order valence-corrected chi connectivity index (χ4v) is 13.9. The summed E-state index contributed by atoms with van der Waals surface area (Å²) in [5.41, 5.74) is 14.3. The molecular formula is C59H86N6O16. The zero-order chi connectivity index (χ0) is 57.3. The lowest BCUT2D eigenvalue weighted by molar-refractivity contribution is -0.292. The highest BCUT2D eigenvalue weighted by molar-refractivity contribution is 5.97. The van der Waals surface area contributed by atoms with E-state index in [2.05, 4.69) is 41.3 Å². The third-order valence-corrected chi connectivity index (χ3v) is 18.4. The number of rotatable bonds is 16. The lowest BCUT2D eigenvalue weighted by Gasteiger charge is -2.47. The van der Waals surface area contributed by atoms with Crippen molar-refractivity contribution in [2.45, 2.75) is 239 Å². The molecule has 0 aliphatic carbocycles. The predicted octanol–water partition coefficient (Wildman–Crippen LogP) is 4.26. The number of amides is 5. The number of methoxy groups -OCH3 is 1. The van der Waals surface area contributed by atoms with E-state index in [0.29, 0.717) is 49.8 Å². The number of benzene rings is 1. The zero-order valence-corrected chi connectivity index (χ0v) is 47.3. The molecule has 81 heavy (non-hydrogen) atoms. The number of anilines is 1. The normalized spacial score (nSPS) is 38.3. The molecule has 21 atom stereocenters. The number of hydrogen-bond acceptors (Lipinski definition) is 17. The molecule has 10 fully saturated rings. The van der Waals surface area contributed by atoms with E-state index in [9.17, 15) is 29.1 Å². The number of ketones is 1. The Morgan fingerprint density at radius 1 is 0.802 bits per heavy atom. The van der Waals surface area contributed by atoms with Crippen molar-refractivity contribution in [2.75, 3.05) is 25.5 Å². The van der Waals surface area contributed by atoms with Crippen LogP contribution in [0, 0.1) is 17.8 Å². The molecule has 1 spiro atoms. The van der Waals surface area contributed by atoms with E-state index in [1.807, 2.05) is 0 Å². The standard InChI is InChI=1S/C59H86N6O16/c1-29(2)48(60)56(69)65-41(8-7-19-62-57(61)70)55(68)64-34-11-9-33(10-12-34)28-73-58(71)63-27-36(67)24-46-49(72-6)40-23-35(66)22-38-14-16-43-50(76-38)54-53-52(78-43)51-47(79-53)26-59(80-51,81-54)18-17-39-21-31(4)42(74-39)15-13-37-20-30(3)32(5)44(75-37)25-45(40)77-46/h9-12,29-30,36-54,67H,4-5,7-8,13-28,60H2,1-3,6H3,(H,63,71)(H,64,68)(H,65,69)(H3,61,62,70)/t30-,36+,37+,38-,39+,40+,41+,42+,43+,44-,45+,46-,47-,48+,49-,50+,51+,52?,53?,54+,59+/m1/s1. The zero-order valence-electron chi connectivity index (χ0n) is 47.3. The fraction of sp³-hybridized carbons (Fsp3) is 0.746. The van der Waals surface area contributed by atoms with E-state index < -0.39 is 84.4 Å². The fourth-order valence-electron chi connectivity index (χ4n) is 13.9. The molecule has 448 valence electrons. The van der Waals surface area contributed by atoms with E-state index in [0.717, 1.165) is 43.3 Å². The number of nitrogens with two attached hydrogens (primary N) is 2. The third-order valence-electron chi connectivity index (χ3n) is 18.4. The predicted molar refractivity (Wildman–Crippen MR) is 292 cm³/mol. The maximum atomic E-state index is 14.5. The summed E-state index contributed by atoms with van der Waals surface area (Å²) in [5.74, 6) is -2.16. The summed E-state index contributed by atoms with van der Waals surface area (Å²) in [6.07, 6.45) is 1.63. The molecule has 1 aromatic rings. The first-order valence-corrected chi connectivity index (χ1v) is 29.6. The number of urea groups is 1. The second-order valence-electron chi connectivity index (χ2n) is 24.6. The minimum absolute atomic E-state index is 0.0112. The van der Waals surface area contributed by atoms with Gasteiger partial charge in [0.25, 0.3) is 0 Å². The molecule has 10 aliphatic rings. The Kier molecular flexibility index (Phi) is 18.9. The summed E-state index contributed by atoms with van der Waals surface area (Å²) >= 11 is 0. The number of carbonyl (C=O) groups excluding carboxylic acids is 5. The van der Waals surface area contributed by atoms with Crippen molar-refractivity contribution in [1.29, 1.82) is 0 Å². The van der Waals surface area contributed by atoms with Gasteiger partial charge in [0, 0.05) is 70.3 Å². The van der Waals surface area contributed by atoms with Gasteiger partial charge in [0.2, 0.25) is 11.8 Å². The molecule has 0 saturated carbocycles. The smallest absolute Gasteiger partial charge is 0.407 e. The molecule has 10 heterocycles. The van der Waals surface area contributed by atoms with Crippen molar-refractivity contribution in [3.63, 3.8) is 0 Å². The molecule has 2 unspecified atom stereocenters. The van der Waals surface area contributed by atoms with E-state index in [-0.39, 0.29) is 124 Å². The molecule has 5 amide bonds. The number of aliphatic hydroxyl groups excluding tert-OH is 1. The Hall–Kier alpha value is -4.59. The van der Waals surface area contributed by atoms with Crippen molar-refractivity contribution in [3.8, 4) is 0 Å². The Labute approximate surface area is 474 Å². The van der Waals surface area contributed by atoms with Crippen molar-refractivity contribution >= 4 is 35.4 Å². The van der Waals surface area contributed by atoms with Gasteiger partial charge in [-0.25, -0.2) is 9.59 Å². The largest absolute Gasteiger partial charge is 0.445 e. The van der Waals surface area contributed by atoms with Crippen molar-refractivity contribution in [2.24, 2.45) is 29.2 Å².